The Hall–Kier alpha value is -1.26. The third-order valence-corrected chi connectivity index (χ3v) is 4.96. The van der Waals surface area contributed by atoms with Gasteiger partial charge in [0.1, 0.15) is 6.04 Å². The highest BCUT2D eigenvalue weighted by Crippen LogP contribution is 2.13. The fraction of sp³-hybridized carbons (Fsp3) is 0.913. The molecule has 0 spiro atoms. The minimum Gasteiger partial charge on any atom is -0.464 e. The molecular formula is C23H45NO4. The lowest BCUT2D eigenvalue weighted by Crippen LogP contribution is -2.42. The minimum absolute atomic E-state index is 0.283. The molecule has 0 aromatic heterocycles. The van der Waals surface area contributed by atoms with E-state index in [9.17, 15) is 9.59 Å². The highest BCUT2D eigenvalue weighted by Gasteiger charge is 2.23. The van der Waals surface area contributed by atoms with E-state index in [2.05, 4.69) is 17.0 Å². The van der Waals surface area contributed by atoms with Crippen LogP contribution in [0.1, 0.15) is 111 Å². The molecule has 1 amide bonds. The van der Waals surface area contributed by atoms with Gasteiger partial charge in [0.2, 0.25) is 0 Å². The van der Waals surface area contributed by atoms with Gasteiger partial charge in [-0.2, -0.15) is 0 Å². The van der Waals surface area contributed by atoms with Crippen LogP contribution in [0.25, 0.3) is 0 Å². The summed E-state index contributed by atoms with van der Waals surface area (Å²) in [5.74, 6) is -0.0796. The number of nitrogens with one attached hydrogen (secondary N) is 1. The summed E-state index contributed by atoms with van der Waals surface area (Å²) >= 11 is 0. The van der Waals surface area contributed by atoms with E-state index in [-0.39, 0.29) is 11.9 Å². The minimum atomic E-state index is -0.630. The first kappa shape index (κ1) is 26.7. The molecule has 0 bridgehead atoms. The van der Waals surface area contributed by atoms with Gasteiger partial charge in [-0.25, -0.2) is 9.59 Å². The molecule has 0 aliphatic carbocycles. The van der Waals surface area contributed by atoms with Crippen molar-refractivity contribution in [2.24, 2.45) is 5.92 Å². The van der Waals surface area contributed by atoms with Gasteiger partial charge >= 0.3 is 12.1 Å². The van der Waals surface area contributed by atoms with Crippen molar-refractivity contribution in [3.63, 3.8) is 0 Å². The molecule has 5 nitrogen and oxygen atoms in total. The highest BCUT2D eigenvalue weighted by molar-refractivity contribution is 5.81. The van der Waals surface area contributed by atoms with Crippen molar-refractivity contribution in [1.82, 2.24) is 5.32 Å². The summed E-state index contributed by atoms with van der Waals surface area (Å²) in [7, 11) is 1.29. The number of esters is 1. The lowest BCUT2D eigenvalue weighted by Gasteiger charge is -2.18. The second-order valence-corrected chi connectivity index (χ2v) is 8.23. The van der Waals surface area contributed by atoms with Crippen LogP contribution in [0.15, 0.2) is 0 Å². The molecule has 0 saturated carbocycles. The number of unbranched alkanes of at least 4 members (excludes halogenated alkanes) is 12. The van der Waals surface area contributed by atoms with Gasteiger partial charge in [0.25, 0.3) is 0 Å². The summed E-state index contributed by atoms with van der Waals surface area (Å²) in [6.07, 6.45) is 16.7. The lowest BCUT2D eigenvalue weighted by atomic mass is 10.0. The average Bonchev–Trinajstić information content (AvgIpc) is 2.67. The van der Waals surface area contributed by atoms with E-state index in [0.717, 1.165) is 12.8 Å². The number of carbonyl (C=O) groups is 2. The van der Waals surface area contributed by atoms with Gasteiger partial charge in [-0.1, -0.05) is 97.8 Å². The molecule has 166 valence electrons. The van der Waals surface area contributed by atoms with Crippen LogP contribution in [-0.4, -0.2) is 31.8 Å². The summed E-state index contributed by atoms with van der Waals surface area (Å²) < 4.78 is 9.92. The van der Waals surface area contributed by atoms with Crippen molar-refractivity contribution in [3.05, 3.63) is 0 Å². The van der Waals surface area contributed by atoms with Crippen LogP contribution in [0, 0.1) is 5.92 Å². The third-order valence-electron chi connectivity index (χ3n) is 4.96. The van der Waals surface area contributed by atoms with Crippen molar-refractivity contribution in [1.29, 1.82) is 0 Å². The van der Waals surface area contributed by atoms with Gasteiger partial charge in [0.15, 0.2) is 0 Å². The molecule has 0 heterocycles. The Balaban J connectivity index is 3.59. The van der Waals surface area contributed by atoms with Crippen LogP contribution in [-0.2, 0) is 14.3 Å². The zero-order valence-electron chi connectivity index (χ0n) is 18.9. The fourth-order valence-corrected chi connectivity index (χ4v) is 3.28. The zero-order chi connectivity index (χ0) is 21.0. The van der Waals surface area contributed by atoms with Crippen molar-refractivity contribution >= 4 is 12.1 Å². The molecule has 0 radical (unpaired) electrons. The van der Waals surface area contributed by atoms with Crippen molar-refractivity contribution in [2.45, 2.75) is 117 Å². The third kappa shape index (κ3) is 16.9. The Kier molecular flexibility index (Phi) is 18.2. The first-order valence-corrected chi connectivity index (χ1v) is 11.5. The molecule has 0 aliphatic rings. The SMILES string of the molecule is CCCCCCCCCCCCCCCOC(=O)[C@H](CC(C)C)NC(=O)OC. The molecular weight excluding hydrogens is 354 g/mol. The Bertz CT molecular complexity index is 385. The van der Waals surface area contributed by atoms with Crippen LogP contribution in [0.2, 0.25) is 0 Å². The average molecular weight is 400 g/mol. The molecule has 1 atom stereocenters. The smallest absolute Gasteiger partial charge is 0.407 e. The van der Waals surface area contributed by atoms with Crippen molar-refractivity contribution in [2.75, 3.05) is 13.7 Å². The van der Waals surface area contributed by atoms with E-state index >= 15 is 0 Å². The standard InChI is InChI=1S/C23H45NO4/c1-5-6-7-8-9-10-11-12-13-14-15-16-17-18-28-22(25)21(19-20(2)3)24-23(26)27-4/h20-21H,5-19H2,1-4H3,(H,24,26)/t21-/m0/s1. The van der Waals surface area contributed by atoms with Crippen molar-refractivity contribution < 1.29 is 19.1 Å². The van der Waals surface area contributed by atoms with E-state index in [1.807, 2.05) is 13.8 Å². The Morgan fingerprint density at radius 2 is 1.25 bits per heavy atom. The second-order valence-electron chi connectivity index (χ2n) is 8.23. The quantitative estimate of drug-likeness (QED) is 0.214. The summed E-state index contributed by atoms with van der Waals surface area (Å²) in [4.78, 5) is 23.5. The molecule has 0 aliphatic heterocycles. The number of rotatable bonds is 18. The summed E-state index contributed by atoms with van der Waals surface area (Å²) in [6.45, 7) is 6.70. The summed E-state index contributed by atoms with van der Waals surface area (Å²) in [6, 6.07) is -0.630. The molecule has 0 aromatic rings. The molecule has 0 unspecified atom stereocenters. The number of hydrogen-bond donors (Lipinski definition) is 1. The van der Waals surface area contributed by atoms with E-state index in [1.54, 1.807) is 0 Å². The van der Waals surface area contributed by atoms with Gasteiger partial charge in [-0.05, 0) is 18.8 Å². The van der Waals surface area contributed by atoms with Crippen molar-refractivity contribution in [3.8, 4) is 0 Å². The Morgan fingerprint density at radius 3 is 1.68 bits per heavy atom. The van der Waals surface area contributed by atoms with Crippen LogP contribution < -0.4 is 5.32 Å². The van der Waals surface area contributed by atoms with Crippen LogP contribution in [0.5, 0.6) is 0 Å². The molecule has 5 heteroatoms. The lowest BCUT2D eigenvalue weighted by molar-refractivity contribution is -0.146. The molecule has 0 aromatic carbocycles. The number of methoxy groups -OCH3 is 1. The normalized spacial score (nSPS) is 12.0. The Labute approximate surface area is 173 Å². The molecule has 28 heavy (non-hydrogen) atoms. The number of amides is 1. The van der Waals surface area contributed by atoms with Crippen LogP contribution in [0.3, 0.4) is 0 Å². The van der Waals surface area contributed by atoms with E-state index in [0.29, 0.717) is 13.0 Å². The van der Waals surface area contributed by atoms with Crippen LogP contribution >= 0.6 is 0 Å². The number of carbonyl (C=O) groups excluding carboxylic acids is 2. The van der Waals surface area contributed by atoms with Gasteiger partial charge in [-0.15, -0.1) is 0 Å². The molecule has 0 saturated heterocycles. The van der Waals surface area contributed by atoms with E-state index in [1.165, 1.54) is 77.7 Å². The predicted molar refractivity (Wildman–Crippen MR) is 115 cm³/mol. The van der Waals surface area contributed by atoms with Gasteiger partial charge in [0, 0.05) is 0 Å². The monoisotopic (exact) mass is 399 g/mol. The molecule has 0 fully saturated rings. The first-order valence-electron chi connectivity index (χ1n) is 11.5. The van der Waals surface area contributed by atoms with Gasteiger partial charge in [0.05, 0.1) is 13.7 Å². The van der Waals surface area contributed by atoms with E-state index in [4.69, 9.17) is 4.74 Å². The first-order chi connectivity index (χ1) is 13.5. The maximum absolute atomic E-state index is 12.2. The predicted octanol–water partition coefficient (Wildman–Crippen LogP) is 6.39. The van der Waals surface area contributed by atoms with Crippen LogP contribution in [0.4, 0.5) is 4.79 Å². The van der Waals surface area contributed by atoms with Gasteiger partial charge < -0.3 is 14.8 Å². The number of ether oxygens (including phenoxy) is 2. The largest absolute Gasteiger partial charge is 0.464 e. The maximum Gasteiger partial charge on any atom is 0.407 e. The molecule has 0 rings (SSSR count). The zero-order valence-corrected chi connectivity index (χ0v) is 18.9. The molecule has 1 N–H and O–H groups in total. The summed E-state index contributed by atoms with van der Waals surface area (Å²) in [5.41, 5.74) is 0. The van der Waals surface area contributed by atoms with E-state index < -0.39 is 12.1 Å². The fourth-order valence-electron chi connectivity index (χ4n) is 3.28. The Morgan fingerprint density at radius 1 is 0.786 bits per heavy atom. The maximum atomic E-state index is 12.2. The second kappa shape index (κ2) is 19.1. The topological polar surface area (TPSA) is 64.6 Å². The highest BCUT2D eigenvalue weighted by atomic mass is 16.5. The number of alkyl carbamates (subject to hydrolysis) is 1. The number of hydrogen-bond acceptors (Lipinski definition) is 4. The van der Waals surface area contributed by atoms with Gasteiger partial charge in [-0.3, -0.25) is 0 Å². The summed E-state index contributed by atoms with van der Waals surface area (Å²) in [5, 5.41) is 2.56.